The number of aromatic nitrogens is 2. The number of anilines is 1. The van der Waals surface area contributed by atoms with Crippen molar-refractivity contribution in [3.05, 3.63) is 85.3 Å². The number of alkyl halides is 3. The van der Waals surface area contributed by atoms with E-state index in [-0.39, 0.29) is 11.4 Å². The van der Waals surface area contributed by atoms with Crippen LogP contribution in [0.5, 0.6) is 0 Å². The minimum Gasteiger partial charge on any atom is -0.320 e. The first-order chi connectivity index (χ1) is 13.2. The molecular formula is C19H13F3IN3O2. The molecule has 5 nitrogen and oxygen atoms in total. The number of nitrogens with zero attached hydrogens (tertiary/aromatic N) is 2. The average Bonchev–Trinajstić information content (AvgIpc) is 2.63. The van der Waals surface area contributed by atoms with Crippen molar-refractivity contribution in [2.45, 2.75) is 13.1 Å². The molecule has 0 atom stereocenters. The van der Waals surface area contributed by atoms with E-state index < -0.39 is 28.8 Å². The van der Waals surface area contributed by atoms with E-state index in [0.29, 0.717) is 5.69 Å². The smallest absolute Gasteiger partial charge is 0.320 e. The molecule has 28 heavy (non-hydrogen) atoms. The quantitative estimate of drug-likeness (QED) is 0.543. The Balaban J connectivity index is 2.06. The molecule has 1 N–H and O–H groups in total. The number of amides is 1. The van der Waals surface area contributed by atoms with Gasteiger partial charge in [-0.2, -0.15) is 18.3 Å². The summed E-state index contributed by atoms with van der Waals surface area (Å²) in [5.41, 5.74) is -1.75. The number of para-hydroxylation sites is 1. The second-order valence-corrected chi connectivity index (χ2v) is 7.13. The van der Waals surface area contributed by atoms with Gasteiger partial charge >= 0.3 is 6.18 Å². The molecule has 0 spiro atoms. The Morgan fingerprint density at radius 1 is 1.11 bits per heavy atom. The Morgan fingerprint density at radius 2 is 1.75 bits per heavy atom. The maximum absolute atomic E-state index is 13.3. The van der Waals surface area contributed by atoms with Crippen LogP contribution in [0.15, 0.2) is 59.4 Å². The van der Waals surface area contributed by atoms with E-state index in [4.69, 9.17) is 0 Å². The van der Waals surface area contributed by atoms with E-state index in [2.05, 4.69) is 33.0 Å². The third-order valence-electron chi connectivity index (χ3n) is 3.86. The van der Waals surface area contributed by atoms with Gasteiger partial charge < -0.3 is 5.32 Å². The fourth-order valence-corrected chi connectivity index (χ4v) is 2.93. The lowest BCUT2D eigenvalue weighted by molar-refractivity contribution is -0.137. The third kappa shape index (κ3) is 4.24. The van der Waals surface area contributed by atoms with Gasteiger partial charge in [0.1, 0.15) is 0 Å². The fraction of sp³-hybridized carbons (Fsp3) is 0.105. The van der Waals surface area contributed by atoms with E-state index in [9.17, 15) is 22.8 Å². The summed E-state index contributed by atoms with van der Waals surface area (Å²) in [6, 6.07) is 12.7. The number of hydrogen-bond donors (Lipinski definition) is 1. The fourth-order valence-electron chi connectivity index (χ4n) is 2.57. The Bertz CT molecular complexity index is 1090. The van der Waals surface area contributed by atoms with Gasteiger partial charge in [-0.25, -0.2) is 4.68 Å². The molecule has 144 valence electrons. The number of halogens is 4. The van der Waals surface area contributed by atoms with Gasteiger partial charge in [-0.05, 0) is 65.9 Å². The minimum atomic E-state index is -4.61. The Kier molecular flexibility index (Phi) is 5.54. The predicted octanol–water partition coefficient (Wildman–Crippen LogP) is 4.42. The van der Waals surface area contributed by atoms with Crippen molar-refractivity contribution in [2.75, 3.05) is 5.32 Å². The van der Waals surface area contributed by atoms with Gasteiger partial charge in [0, 0.05) is 21.0 Å². The second-order valence-electron chi connectivity index (χ2n) is 5.89. The molecule has 2 aromatic carbocycles. The average molecular weight is 499 g/mol. The van der Waals surface area contributed by atoms with E-state index in [1.165, 1.54) is 25.1 Å². The van der Waals surface area contributed by atoms with Crippen LogP contribution in [0.1, 0.15) is 21.7 Å². The van der Waals surface area contributed by atoms with Crippen LogP contribution < -0.4 is 10.7 Å². The Labute approximate surface area is 171 Å². The van der Waals surface area contributed by atoms with Gasteiger partial charge in [0.05, 0.1) is 11.3 Å². The summed E-state index contributed by atoms with van der Waals surface area (Å²) in [7, 11) is 0. The first-order valence-corrected chi connectivity index (χ1v) is 9.09. The first-order valence-electron chi connectivity index (χ1n) is 8.01. The summed E-state index contributed by atoms with van der Waals surface area (Å²) in [5.74, 6) is -0.801. The number of hydrogen-bond acceptors (Lipinski definition) is 3. The Morgan fingerprint density at radius 3 is 2.39 bits per heavy atom. The molecule has 3 rings (SSSR count). The highest BCUT2D eigenvalue weighted by Gasteiger charge is 2.34. The van der Waals surface area contributed by atoms with Crippen molar-refractivity contribution in [1.29, 1.82) is 0 Å². The standard InChI is InChI=1S/C19H13F3IN3O2/c1-11-10-16(27)17(18(28)24-13-8-6-12(23)7-9-13)25-26(11)15-5-3-2-4-14(15)19(20,21)22/h2-10H,1H3,(H,24,28). The van der Waals surface area contributed by atoms with Gasteiger partial charge in [0.15, 0.2) is 5.69 Å². The number of aryl methyl sites for hydroxylation is 1. The molecule has 9 heteroatoms. The first kappa shape index (κ1) is 20.1. The van der Waals surface area contributed by atoms with Crippen LogP contribution in [0.3, 0.4) is 0 Å². The van der Waals surface area contributed by atoms with E-state index in [1.54, 1.807) is 24.3 Å². The second kappa shape index (κ2) is 7.74. The molecular weight excluding hydrogens is 486 g/mol. The maximum Gasteiger partial charge on any atom is 0.418 e. The van der Waals surface area contributed by atoms with Crippen LogP contribution in [0.4, 0.5) is 18.9 Å². The van der Waals surface area contributed by atoms with Crippen molar-refractivity contribution in [1.82, 2.24) is 9.78 Å². The SMILES string of the molecule is Cc1cc(=O)c(C(=O)Nc2ccc(I)cc2)nn1-c1ccccc1C(F)(F)F. The molecule has 0 radical (unpaired) electrons. The van der Waals surface area contributed by atoms with Crippen molar-refractivity contribution in [3.8, 4) is 5.69 Å². The van der Waals surface area contributed by atoms with E-state index in [1.807, 2.05) is 0 Å². The zero-order chi connectivity index (χ0) is 20.5. The van der Waals surface area contributed by atoms with Gasteiger partial charge in [-0.1, -0.05) is 12.1 Å². The lowest BCUT2D eigenvalue weighted by Crippen LogP contribution is -2.27. The van der Waals surface area contributed by atoms with E-state index >= 15 is 0 Å². The van der Waals surface area contributed by atoms with E-state index in [0.717, 1.165) is 20.4 Å². The summed E-state index contributed by atoms with van der Waals surface area (Å²) in [6.45, 7) is 1.45. The molecule has 1 heterocycles. The van der Waals surface area contributed by atoms with Crippen LogP contribution in [-0.2, 0) is 6.18 Å². The maximum atomic E-state index is 13.3. The molecule has 0 saturated heterocycles. The molecule has 0 unspecified atom stereocenters. The zero-order valence-corrected chi connectivity index (χ0v) is 16.6. The summed E-state index contributed by atoms with van der Waals surface area (Å²) in [5, 5.41) is 6.45. The highest BCUT2D eigenvalue weighted by atomic mass is 127. The monoisotopic (exact) mass is 499 g/mol. The number of carbonyl (C=O) groups is 1. The molecule has 1 amide bonds. The van der Waals surface area contributed by atoms with Gasteiger partial charge in [-0.15, -0.1) is 0 Å². The number of nitrogens with one attached hydrogen (secondary N) is 1. The highest BCUT2D eigenvalue weighted by molar-refractivity contribution is 14.1. The van der Waals surface area contributed by atoms with Crippen LogP contribution in [0.2, 0.25) is 0 Å². The summed E-state index contributed by atoms with van der Waals surface area (Å²) >= 11 is 2.10. The lowest BCUT2D eigenvalue weighted by Gasteiger charge is -2.16. The largest absolute Gasteiger partial charge is 0.418 e. The third-order valence-corrected chi connectivity index (χ3v) is 4.58. The molecule has 1 aromatic heterocycles. The predicted molar refractivity (Wildman–Crippen MR) is 107 cm³/mol. The highest BCUT2D eigenvalue weighted by Crippen LogP contribution is 2.33. The zero-order valence-electron chi connectivity index (χ0n) is 14.4. The molecule has 3 aromatic rings. The number of benzene rings is 2. The van der Waals surface area contributed by atoms with Crippen molar-refractivity contribution < 1.29 is 18.0 Å². The lowest BCUT2D eigenvalue weighted by atomic mass is 10.1. The normalized spacial score (nSPS) is 11.3. The van der Waals surface area contributed by atoms with Crippen molar-refractivity contribution >= 4 is 34.2 Å². The topological polar surface area (TPSA) is 64.0 Å². The van der Waals surface area contributed by atoms with Crippen molar-refractivity contribution in [2.24, 2.45) is 0 Å². The van der Waals surface area contributed by atoms with Crippen LogP contribution in [0.25, 0.3) is 5.69 Å². The molecule has 0 aliphatic carbocycles. The summed E-state index contributed by atoms with van der Waals surface area (Å²) in [6.07, 6.45) is -4.61. The van der Waals surface area contributed by atoms with Crippen LogP contribution in [0, 0.1) is 10.5 Å². The molecule has 0 aliphatic rings. The minimum absolute atomic E-state index is 0.174. The molecule has 0 bridgehead atoms. The molecule has 0 aliphatic heterocycles. The van der Waals surface area contributed by atoms with Crippen molar-refractivity contribution in [3.63, 3.8) is 0 Å². The summed E-state index contributed by atoms with van der Waals surface area (Å²) < 4.78 is 41.9. The van der Waals surface area contributed by atoms with Gasteiger partial charge in [0.2, 0.25) is 5.43 Å². The molecule has 0 saturated carbocycles. The van der Waals surface area contributed by atoms with Gasteiger partial charge in [0.25, 0.3) is 5.91 Å². The number of carbonyl (C=O) groups excluding carboxylic acids is 1. The van der Waals surface area contributed by atoms with Crippen LogP contribution >= 0.6 is 22.6 Å². The van der Waals surface area contributed by atoms with Crippen LogP contribution in [-0.4, -0.2) is 15.7 Å². The number of rotatable bonds is 3. The Hall–Kier alpha value is -2.69. The molecule has 0 fully saturated rings. The van der Waals surface area contributed by atoms with Gasteiger partial charge in [-0.3, -0.25) is 9.59 Å². The summed E-state index contributed by atoms with van der Waals surface area (Å²) in [4.78, 5) is 24.7.